The minimum atomic E-state index is -0.141. The van der Waals surface area contributed by atoms with Crippen molar-refractivity contribution in [3.8, 4) is 5.75 Å². The lowest BCUT2D eigenvalue weighted by Gasteiger charge is -2.20. The minimum Gasteiger partial charge on any atom is -0.508 e. The Morgan fingerprint density at radius 2 is 2.05 bits per heavy atom. The van der Waals surface area contributed by atoms with Gasteiger partial charge in [-0.3, -0.25) is 4.98 Å². The summed E-state index contributed by atoms with van der Waals surface area (Å²) >= 11 is 0. The third kappa shape index (κ3) is 3.31. The maximum atomic E-state index is 10.1. The highest BCUT2D eigenvalue weighted by atomic mass is 16.5. The molecule has 3 rings (SSSR count). The number of aliphatic imine (C=N–C) groups is 1. The SMILES string of the molecule is Oc1ccccc1C(Cc1ccccn1)NC1=NCCO1. The van der Waals surface area contributed by atoms with Crippen molar-refractivity contribution in [3.63, 3.8) is 0 Å². The number of aromatic nitrogens is 1. The molecule has 1 aliphatic heterocycles. The lowest BCUT2D eigenvalue weighted by molar-refractivity contribution is 0.324. The molecule has 5 nitrogen and oxygen atoms in total. The summed E-state index contributed by atoms with van der Waals surface area (Å²) in [6.07, 6.45) is 2.40. The van der Waals surface area contributed by atoms with E-state index in [2.05, 4.69) is 15.3 Å². The zero-order valence-corrected chi connectivity index (χ0v) is 11.6. The summed E-state index contributed by atoms with van der Waals surface area (Å²) < 4.78 is 5.42. The van der Waals surface area contributed by atoms with Crippen LogP contribution in [0.4, 0.5) is 0 Å². The molecule has 0 fully saturated rings. The van der Waals surface area contributed by atoms with E-state index in [1.165, 1.54) is 0 Å². The molecule has 0 spiro atoms. The van der Waals surface area contributed by atoms with Gasteiger partial charge in [0.25, 0.3) is 6.02 Å². The van der Waals surface area contributed by atoms with Gasteiger partial charge in [0, 0.05) is 23.9 Å². The van der Waals surface area contributed by atoms with Gasteiger partial charge in [0.2, 0.25) is 0 Å². The average molecular weight is 283 g/mol. The molecule has 2 aromatic rings. The first kappa shape index (κ1) is 13.4. The van der Waals surface area contributed by atoms with Crippen LogP contribution >= 0.6 is 0 Å². The van der Waals surface area contributed by atoms with Crippen molar-refractivity contribution in [1.82, 2.24) is 10.3 Å². The van der Waals surface area contributed by atoms with Crippen molar-refractivity contribution >= 4 is 6.02 Å². The van der Waals surface area contributed by atoms with Crippen LogP contribution in [0.2, 0.25) is 0 Å². The topological polar surface area (TPSA) is 66.7 Å². The molecule has 2 heterocycles. The fraction of sp³-hybridized carbons (Fsp3) is 0.250. The predicted octanol–water partition coefficient (Wildman–Crippen LogP) is 2.05. The van der Waals surface area contributed by atoms with Crippen molar-refractivity contribution in [2.24, 2.45) is 4.99 Å². The molecule has 0 saturated carbocycles. The Kier molecular flexibility index (Phi) is 4.00. The fourth-order valence-corrected chi connectivity index (χ4v) is 2.32. The highest BCUT2D eigenvalue weighted by Gasteiger charge is 2.20. The number of aromatic hydroxyl groups is 1. The highest BCUT2D eigenvalue weighted by Crippen LogP contribution is 2.26. The smallest absolute Gasteiger partial charge is 0.285 e. The van der Waals surface area contributed by atoms with E-state index in [-0.39, 0.29) is 11.8 Å². The number of para-hydroxylation sites is 1. The summed E-state index contributed by atoms with van der Waals surface area (Å²) in [5.74, 6) is 0.254. The summed E-state index contributed by atoms with van der Waals surface area (Å²) in [6, 6.07) is 13.5. The highest BCUT2D eigenvalue weighted by molar-refractivity contribution is 5.75. The van der Waals surface area contributed by atoms with Crippen LogP contribution in [0.5, 0.6) is 5.75 Å². The van der Waals surface area contributed by atoms with Crippen molar-refractivity contribution < 1.29 is 9.84 Å². The quantitative estimate of drug-likeness (QED) is 0.901. The van der Waals surface area contributed by atoms with Gasteiger partial charge in [0.15, 0.2) is 0 Å². The second kappa shape index (κ2) is 6.26. The molecule has 1 unspecified atom stereocenters. The number of amidine groups is 1. The van der Waals surface area contributed by atoms with Crippen LogP contribution in [0.1, 0.15) is 17.3 Å². The Hall–Kier alpha value is -2.56. The Bertz CT molecular complexity index is 628. The summed E-state index contributed by atoms with van der Waals surface area (Å²) in [4.78, 5) is 8.60. The predicted molar refractivity (Wildman–Crippen MR) is 80.2 cm³/mol. The monoisotopic (exact) mass is 283 g/mol. The Balaban J connectivity index is 1.85. The van der Waals surface area contributed by atoms with E-state index in [1.807, 2.05) is 30.3 Å². The van der Waals surface area contributed by atoms with Gasteiger partial charge in [-0.25, -0.2) is 4.99 Å². The van der Waals surface area contributed by atoms with Crippen LogP contribution in [0.15, 0.2) is 53.7 Å². The molecule has 108 valence electrons. The van der Waals surface area contributed by atoms with Crippen LogP contribution in [0.3, 0.4) is 0 Å². The minimum absolute atomic E-state index is 0.141. The van der Waals surface area contributed by atoms with E-state index in [4.69, 9.17) is 4.74 Å². The lowest BCUT2D eigenvalue weighted by Crippen LogP contribution is -2.30. The van der Waals surface area contributed by atoms with Gasteiger partial charge < -0.3 is 15.2 Å². The normalized spacial score (nSPS) is 15.1. The number of nitrogens with one attached hydrogen (secondary N) is 1. The molecule has 0 bridgehead atoms. The molecule has 21 heavy (non-hydrogen) atoms. The standard InChI is InChI=1S/C16H17N3O2/c20-15-7-2-1-6-13(15)14(19-16-18-9-10-21-16)11-12-5-3-4-8-17-12/h1-8,14,20H,9-11H2,(H,18,19). The lowest BCUT2D eigenvalue weighted by atomic mass is 10.0. The number of phenols is 1. The van der Waals surface area contributed by atoms with Gasteiger partial charge in [0.1, 0.15) is 12.4 Å². The fourth-order valence-electron chi connectivity index (χ4n) is 2.32. The second-order valence-electron chi connectivity index (χ2n) is 4.82. The summed E-state index contributed by atoms with van der Waals surface area (Å²) in [7, 11) is 0. The number of pyridine rings is 1. The molecule has 1 aliphatic rings. The van der Waals surface area contributed by atoms with E-state index >= 15 is 0 Å². The van der Waals surface area contributed by atoms with Crippen LogP contribution in [0, 0.1) is 0 Å². The average Bonchev–Trinajstić information content (AvgIpc) is 3.01. The zero-order valence-electron chi connectivity index (χ0n) is 11.6. The summed E-state index contributed by atoms with van der Waals surface area (Å²) in [6.45, 7) is 1.26. The molecule has 1 atom stereocenters. The number of phenolic OH excluding ortho intramolecular Hbond substituents is 1. The molecule has 1 aromatic carbocycles. The van der Waals surface area contributed by atoms with Gasteiger partial charge in [-0.15, -0.1) is 0 Å². The van der Waals surface area contributed by atoms with Gasteiger partial charge in [0.05, 0.1) is 12.6 Å². The number of nitrogens with zero attached hydrogens (tertiary/aromatic N) is 2. The maximum absolute atomic E-state index is 10.1. The van der Waals surface area contributed by atoms with E-state index in [0.717, 1.165) is 11.3 Å². The first-order chi connectivity index (χ1) is 10.3. The summed E-state index contributed by atoms with van der Waals surface area (Å²) in [5, 5.41) is 13.3. The van der Waals surface area contributed by atoms with Gasteiger partial charge >= 0.3 is 0 Å². The zero-order chi connectivity index (χ0) is 14.5. The first-order valence-electron chi connectivity index (χ1n) is 6.94. The molecule has 0 radical (unpaired) electrons. The number of hydrogen-bond acceptors (Lipinski definition) is 5. The number of benzene rings is 1. The van der Waals surface area contributed by atoms with Gasteiger partial charge in [-0.1, -0.05) is 24.3 Å². The van der Waals surface area contributed by atoms with Crippen LogP contribution in [-0.2, 0) is 11.2 Å². The molecule has 0 aliphatic carbocycles. The van der Waals surface area contributed by atoms with E-state index in [0.29, 0.717) is 25.6 Å². The van der Waals surface area contributed by atoms with Crippen LogP contribution in [-0.4, -0.2) is 29.3 Å². The Morgan fingerprint density at radius 3 is 2.76 bits per heavy atom. The first-order valence-corrected chi connectivity index (χ1v) is 6.94. The molecule has 2 N–H and O–H groups in total. The van der Waals surface area contributed by atoms with Crippen LogP contribution in [0.25, 0.3) is 0 Å². The van der Waals surface area contributed by atoms with Gasteiger partial charge in [-0.2, -0.15) is 0 Å². The molecule has 1 aromatic heterocycles. The second-order valence-corrected chi connectivity index (χ2v) is 4.82. The third-order valence-electron chi connectivity index (χ3n) is 3.33. The summed E-state index contributed by atoms with van der Waals surface area (Å²) in [5.41, 5.74) is 1.75. The van der Waals surface area contributed by atoms with E-state index in [9.17, 15) is 5.11 Å². The van der Waals surface area contributed by atoms with Crippen molar-refractivity contribution in [3.05, 3.63) is 59.9 Å². The van der Waals surface area contributed by atoms with Gasteiger partial charge in [-0.05, 0) is 18.2 Å². The van der Waals surface area contributed by atoms with Crippen molar-refractivity contribution in [1.29, 1.82) is 0 Å². The molecule has 5 heteroatoms. The van der Waals surface area contributed by atoms with Crippen molar-refractivity contribution in [2.45, 2.75) is 12.5 Å². The largest absolute Gasteiger partial charge is 0.508 e. The van der Waals surface area contributed by atoms with E-state index < -0.39 is 0 Å². The Morgan fingerprint density at radius 1 is 1.19 bits per heavy atom. The van der Waals surface area contributed by atoms with E-state index in [1.54, 1.807) is 18.3 Å². The number of rotatable bonds is 4. The molecular formula is C16H17N3O2. The molecule has 0 amide bonds. The van der Waals surface area contributed by atoms with Crippen molar-refractivity contribution in [2.75, 3.05) is 13.2 Å². The molecule has 0 saturated heterocycles. The maximum Gasteiger partial charge on any atom is 0.285 e. The Labute approximate surface area is 123 Å². The molecular weight excluding hydrogens is 266 g/mol. The number of hydrogen-bond donors (Lipinski definition) is 2. The van der Waals surface area contributed by atoms with Crippen LogP contribution < -0.4 is 5.32 Å². The number of ether oxygens (including phenoxy) is 1. The third-order valence-corrected chi connectivity index (χ3v) is 3.33.